The number of phenols is 1. The van der Waals surface area contributed by atoms with Crippen LogP contribution in [0.25, 0.3) is 0 Å². The van der Waals surface area contributed by atoms with E-state index in [2.05, 4.69) is 27.5 Å². The van der Waals surface area contributed by atoms with Gasteiger partial charge < -0.3 is 14.6 Å². The quantitative estimate of drug-likeness (QED) is 0.588. The highest BCUT2D eigenvalue weighted by molar-refractivity contribution is 14.1. The van der Waals surface area contributed by atoms with Crippen LogP contribution in [0, 0.1) is 9.49 Å². The molecule has 122 valence electrons. The largest absolute Gasteiger partial charge is 0.504 e. The number of rotatable bonds is 5. The Hall–Kier alpha value is -1.02. The van der Waals surface area contributed by atoms with Gasteiger partial charge in [-0.25, -0.2) is 0 Å². The summed E-state index contributed by atoms with van der Waals surface area (Å²) in [6, 6.07) is 3.84. The van der Waals surface area contributed by atoms with E-state index in [1.807, 2.05) is 19.1 Å². The summed E-state index contributed by atoms with van der Waals surface area (Å²) in [5, 5.41) is 9.88. The van der Waals surface area contributed by atoms with Gasteiger partial charge in [0.15, 0.2) is 11.5 Å². The Morgan fingerprint density at radius 2 is 2.09 bits per heavy atom. The number of ether oxygens (including phenoxy) is 2. The SMILES string of the molecule is CCOC(=O)C1CCN(Cc2cc(I)c(O)c(OC)c2)CC1. The van der Waals surface area contributed by atoms with Gasteiger partial charge in [0.25, 0.3) is 0 Å². The minimum atomic E-state index is -0.0667. The van der Waals surface area contributed by atoms with Gasteiger partial charge >= 0.3 is 5.97 Å². The second-order valence-electron chi connectivity index (χ2n) is 5.43. The van der Waals surface area contributed by atoms with Crippen molar-refractivity contribution in [3.05, 3.63) is 21.3 Å². The molecule has 0 radical (unpaired) electrons. The second kappa shape index (κ2) is 8.01. The van der Waals surface area contributed by atoms with Gasteiger partial charge in [-0.1, -0.05) is 0 Å². The van der Waals surface area contributed by atoms with Gasteiger partial charge in [0.05, 0.1) is 23.2 Å². The van der Waals surface area contributed by atoms with Gasteiger partial charge in [-0.3, -0.25) is 9.69 Å². The number of methoxy groups -OCH3 is 1. The van der Waals surface area contributed by atoms with Crippen LogP contribution in [0.15, 0.2) is 12.1 Å². The molecule has 0 unspecified atom stereocenters. The number of aromatic hydroxyl groups is 1. The van der Waals surface area contributed by atoms with Gasteiger partial charge in [-0.2, -0.15) is 0 Å². The predicted octanol–water partition coefficient (Wildman–Crippen LogP) is 2.78. The molecule has 2 rings (SSSR count). The van der Waals surface area contributed by atoms with Crippen molar-refractivity contribution in [3.8, 4) is 11.5 Å². The molecule has 1 heterocycles. The van der Waals surface area contributed by atoms with E-state index >= 15 is 0 Å². The normalized spacial score (nSPS) is 16.5. The van der Waals surface area contributed by atoms with Crippen LogP contribution in [0.1, 0.15) is 25.3 Å². The molecule has 1 saturated heterocycles. The number of piperidine rings is 1. The van der Waals surface area contributed by atoms with Crippen LogP contribution in [0.3, 0.4) is 0 Å². The highest BCUT2D eigenvalue weighted by Gasteiger charge is 2.26. The zero-order chi connectivity index (χ0) is 16.1. The molecule has 0 aromatic heterocycles. The van der Waals surface area contributed by atoms with Crippen LogP contribution in [-0.4, -0.2) is 42.8 Å². The van der Waals surface area contributed by atoms with Crippen molar-refractivity contribution < 1.29 is 19.4 Å². The third-order valence-electron chi connectivity index (χ3n) is 3.92. The lowest BCUT2D eigenvalue weighted by Crippen LogP contribution is -2.36. The number of nitrogens with zero attached hydrogens (tertiary/aromatic N) is 1. The van der Waals surface area contributed by atoms with Crippen molar-refractivity contribution in [1.29, 1.82) is 0 Å². The molecule has 6 heteroatoms. The zero-order valence-electron chi connectivity index (χ0n) is 13.0. The standard InChI is InChI=1S/C16H22INO4/c1-3-22-16(20)12-4-6-18(7-5-12)10-11-8-13(17)15(19)14(9-11)21-2/h8-9,12,19H,3-7,10H2,1-2H3. The van der Waals surface area contributed by atoms with Gasteiger partial charge in [0.2, 0.25) is 0 Å². The van der Waals surface area contributed by atoms with E-state index < -0.39 is 0 Å². The zero-order valence-corrected chi connectivity index (χ0v) is 15.1. The Labute approximate surface area is 144 Å². The minimum absolute atomic E-state index is 0.0330. The van der Waals surface area contributed by atoms with Crippen molar-refractivity contribution in [1.82, 2.24) is 4.90 Å². The summed E-state index contributed by atoms with van der Waals surface area (Å²) in [6.45, 7) is 4.84. The topological polar surface area (TPSA) is 59.0 Å². The van der Waals surface area contributed by atoms with E-state index in [9.17, 15) is 9.90 Å². The lowest BCUT2D eigenvalue weighted by molar-refractivity contribution is -0.149. The molecule has 22 heavy (non-hydrogen) atoms. The van der Waals surface area contributed by atoms with Gasteiger partial charge in [-0.15, -0.1) is 0 Å². The number of phenolic OH excluding ortho intramolecular Hbond substituents is 1. The number of likely N-dealkylation sites (tertiary alicyclic amines) is 1. The summed E-state index contributed by atoms with van der Waals surface area (Å²) in [5.41, 5.74) is 1.11. The highest BCUT2D eigenvalue weighted by Crippen LogP contribution is 2.33. The third kappa shape index (κ3) is 4.25. The van der Waals surface area contributed by atoms with Crippen molar-refractivity contribution >= 4 is 28.6 Å². The summed E-state index contributed by atoms with van der Waals surface area (Å²) >= 11 is 2.10. The summed E-state index contributed by atoms with van der Waals surface area (Å²) in [4.78, 5) is 14.1. The predicted molar refractivity (Wildman–Crippen MR) is 92.0 cm³/mol. The number of halogens is 1. The fraction of sp³-hybridized carbons (Fsp3) is 0.562. The number of carbonyl (C=O) groups excluding carboxylic acids is 1. The average Bonchev–Trinajstić information content (AvgIpc) is 2.51. The van der Waals surface area contributed by atoms with E-state index in [4.69, 9.17) is 9.47 Å². The van der Waals surface area contributed by atoms with Crippen LogP contribution in [0.5, 0.6) is 11.5 Å². The van der Waals surface area contributed by atoms with Crippen LogP contribution in [-0.2, 0) is 16.1 Å². The fourth-order valence-electron chi connectivity index (χ4n) is 2.72. The summed E-state index contributed by atoms with van der Waals surface area (Å²) in [7, 11) is 1.56. The number of hydrogen-bond donors (Lipinski definition) is 1. The molecule has 1 fully saturated rings. The van der Waals surface area contributed by atoms with Crippen LogP contribution < -0.4 is 4.74 Å². The molecule has 0 aliphatic carbocycles. The van der Waals surface area contributed by atoms with E-state index in [0.717, 1.165) is 41.6 Å². The first-order valence-electron chi connectivity index (χ1n) is 7.49. The lowest BCUT2D eigenvalue weighted by atomic mass is 9.96. The molecule has 5 nitrogen and oxygen atoms in total. The van der Waals surface area contributed by atoms with Crippen molar-refractivity contribution in [2.75, 3.05) is 26.8 Å². The maximum atomic E-state index is 11.7. The van der Waals surface area contributed by atoms with Gasteiger partial charge in [0.1, 0.15) is 0 Å². The molecule has 0 bridgehead atoms. The smallest absolute Gasteiger partial charge is 0.309 e. The Morgan fingerprint density at radius 1 is 1.41 bits per heavy atom. The maximum Gasteiger partial charge on any atom is 0.309 e. The van der Waals surface area contributed by atoms with E-state index in [1.165, 1.54) is 0 Å². The fourth-order valence-corrected chi connectivity index (χ4v) is 3.39. The highest BCUT2D eigenvalue weighted by atomic mass is 127. The Morgan fingerprint density at radius 3 is 2.68 bits per heavy atom. The van der Waals surface area contributed by atoms with Crippen LogP contribution in [0.2, 0.25) is 0 Å². The van der Waals surface area contributed by atoms with Gasteiger partial charge in [0, 0.05) is 6.54 Å². The summed E-state index contributed by atoms with van der Waals surface area (Å²) in [5.74, 6) is 0.657. The molecule has 1 aromatic carbocycles. The minimum Gasteiger partial charge on any atom is -0.504 e. The van der Waals surface area contributed by atoms with Crippen LogP contribution in [0.4, 0.5) is 0 Å². The molecule has 0 amide bonds. The third-order valence-corrected chi connectivity index (χ3v) is 4.74. The molecule has 0 atom stereocenters. The maximum absolute atomic E-state index is 11.7. The number of benzene rings is 1. The molecule has 1 N–H and O–H groups in total. The molecule has 1 aliphatic rings. The Balaban J connectivity index is 1.94. The first-order chi connectivity index (χ1) is 10.5. The van der Waals surface area contributed by atoms with Crippen molar-refractivity contribution in [3.63, 3.8) is 0 Å². The Kier molecular flexibility index (Phi) is 6.31. The summed E-state index contributed by atoms with van der Waals surface area (Å²) in [6.07, 6.45) is 1.68. The van der Waals surface area contributed by atoms with Crippen molar-refractivity contribution in [2.24, 2.45) is 5.92 Å². The van der Waals surface area contributed by atoms with E-state index in [1.54, 1.807) is 7.11 Å². The molecule has 0 spiro atoms. The number of carbonyl (C=O) groups is 1. The Bertz CT molecular complexity index is 527. The molecule has 1 aromatic rings. The first-order valence-corrected chi connectivity index (χ1v) is 8.57. The first kappa shape index (κ1) is 17.3. The molecular formula is C16H22INO4. The van der Waals surface area contributed by atoms with Crippen LogP contribution >= 0.6 is 22.6 Å². The molecular weight excluding hydrogens is 397 g/mol. The molecule has 0 saturated carbocycles. The van der Waals surface area contributed by atoms with E-state index in [0.29, 0.717) is 12.4 Å². The molecule has 1 aliphatic heterocycles. The monoisotopic (exact) mass is 419 g/mol. The lowest BCUT2D eigenvalue weighted by Gasteiger charge is -2.30. The number of hydrogen-bond acceptors (Lipinski definition) is 5. The van der Waals surface area contributed by atoms with Gasteiger partial charge in [-0.05, 0) is 73.1 Å². The van der Waals surface area contributed by atoms with E-state index in [-0.39, 0.29) is 17.6 Å². The second-order valence-corrected chi connectivity index (χ2v) is 6.59. The average molecular weight is 419 g/mol. The van der Waals surface area contributed by atoms with Crippen molar-refractivity contribution in [2.45, 2.75) is 26.3 Å². The summed E-state index contributed by atoms with van der Waals surface area (Å²) < 4.78 is 11.1. The number of esters is 1.